The van der Waals surface area contributed by atoms with Crippen molar-refractivity contribution >= 4 is 16.4 Å². The van der Waals surface area contributed by atoms with Gasteiger partial charge in [0.2, 0.25) is 0 Å². The van der Waals surface area contributed by atoms with Crippen LogP contribution in [0.15, 0.2) is 11.6 Å². The largest absolute Gasteiger partial charge is 0.525 e. The lowest BCUT2D eigenvalue weighted by Gasteiger charge is -2.17. The van der Waals surface area contributed by atoms with Crippen LogP contribution in [0.25, 0.3) is 10.6 Å². The Morgan fingerprint density at radius 2 is 1.07 bits per heavy atom. The maximum Gasteiger partial charge on any atom is -0.0417 e. The van der Waals surface area contributed by atoms with Crippen molar-refractivity contribution in [3.63, 3.8) is 0 Å². The first-order valence-electron chi connectivity index (χ1n) is 4.79. The maximum atomic E-state index is 2.31. The van der Waals surface area contributed by atoms with Crippen LogP contribution in [-0.4, -0.2) is 0 Å². The molecule has 0 aliphatic heterocycles. The minimum absolute atomic E-state index is 1.39. The summed E-state index contributed by atoms with van der Waals surface area (Å²) in [6, 6.07) is 0. The molecule has 0 atom stereocenters. The summed E-state index contributed by atoms with van der Waals surface area (Å²) in [6.45, 7) is 8.89. The van der Waals surface area contributed by atoms with Crippen LogP contribution in [0.2, 0.25) is 0 Å². The molecule has 0 unspecified atom stereocenters. The number of hydrogen-bond donors (Lipinski definition) is 0. The SMILES string of the molecule is Cc1c[p-]c(-c2[p-]cc(C)c2C)c1C. The molecule has 0 radical (unpaired) electrons. The molecule has 0 fully saturated rings. The van der Waals surface area contributed by atoms with Crippen LogP contribution >= 0.6 is 16.4 Å². The normalized spacial score (nSPS) is 12.0. The van der Waals surface area contributed by atoms with Gasteiger partial charge in [-0.15, -0.1) is 0 Å². The molecule has 0 aromatic carbocycles. The van der Waals surface area contributed by atoms with Gasteiger partial charge in [0.15, 0.2) is 0 Å². The summed E-state index contributed by atoms with van der Waals surface area (Å²) in [6.07, 6.45) is 0. The molecule has 0 N–H and O–H groups in total. The molecule has 0 bridgehead atoms. The van der Waals surface area contributed by atoms with E-state index in [9.17, 15) is 0 Å². The molecule has 14 heavy (non-hydrogen) atoms. The molecule has 2 heteroatoms. The third-order valence-corrected chi connectivity index (χ3v) is 5.74. The quantitative estimate of drug-likeness (QED) is 0.620. The minimum Gasteiger partial charge on any atom is -0.525 e. The highest BCUT2D eigenvalue weighted by molar-refractivity contribution is 7.39. The highest BCUT2D eigenvalue weighted by atomic mass is 31.0. The molecule has 0 aliphatic carbocycles. The Morgan fingerprint density at radius 3 is 1.29 bits per heavy atom. The Morgan fingerprint density at radius 1 is 0.714 bits per heavy atom. The van der Waals surface area contributed by atoms with Crippen LogP contribution in [0, 0.1) is 27.7 Å². The van der Waals surface area contributed by atoms with Crippen molar-refractivity contribution in [3.05, 3.63) is 33.9 Å². The average Bonchev–Trinajstić information content (AvgIpc) is 2.63. The van der Waals surface area contributed by atoms with Gasteiger partial charge >= 0.3 is 0 Å². The molecule has 74 valence electrons. The second-order valence-corrected chi connectivity index (χ2v) is 5.76. The first-order valence-corrected chi connectivity index (χ1v) is 6.72. The van der Waals surface area contributed by atoms with E-state index in [1.165, 1.54) is 49.2 Å². The summed E-state index contributed by atoms with van der Waals surface area (Å²) in [7, 11) is 2.77. The van der Waals surface area contributed by atoms with Crippen LogP contribution in [-0.2, 0) is 0 Å². The fourth-order valence-electron chi connectivity index (χ4n) is 1.56. The van der Waals surface area contributed by atoms with Crippen molar-refractivity contribution in [2.75, 3.05) is 0 Å². The third-order valence-electron chi connectivity index (χ3n) is 2.89. The summed E-state index contributed by atoms with van der Waals surface area (Å²) >= 11 is 0. The van der Waals surface area contributed by atoms with Gasteiger partial charge in [-0.2, -0.15) is 0 Å². The van der Waals surface area contributed by atoms with Crippen molar-refractivity contribution in [3.8, 4) is 10.6 Å². The molecular weight excluding hydrogens is 206 g/mol. The summed E-state index contributed by atoms with van der Waals surface area (Å²) in [4.78, 5) is 0. The summed E-state index contributed by atoms with van der Waals surface area (Å²) in [5, 5.41) is 3.07. The van der Waals surface area contributed by atoms with E-state index in [0.717, 1.165) is 0 Å². The van der Waals surface area contributed by atoms with E-state index < -0.39 is 0 Å². The van der Waals surface area contributed by atoms with Crippen LogP contribution in [0.1, 0.15) is 22.3 Å². The van der Waals surface area contributed by atoms with Gasteiger partial charge in [-0.25, -0.2) is 22.2 Å². The van der Waals surface area contributed by atoms with Gasteiger partial charge in [0.25, 0.3) is 0 Å². The lowest BCUT2D eigenvalue weighted by atomic mass is 10.1. The van der Waals surface area contributed by atoms with E-state index in [1.807, 2.05) is 0 Å². The molecule has 0 saturated heterocycles. The Balaban J connectivity index is 2.60. The second kappa shape index (κ2) is 3.61. The zero-order valence-corrected chi connectivity index (χ0v) is 10.8. The molecule has 0 saturated carbocycles. The number of hydrogen-bond acceptors (Lipinski definition) is 0. The van der Waals surface area contributed by atoms with E-state index in [4.69, 9.17) is 0 Å². The van der Waals surface area contributed by atoms with Crippen LogP contribution in [0.4, 0.5) is 0 Å². The van der Waals surface area contributed by atoms with Gasteiger partial charge in [-0.05, 0) is 27.7 Å². The predicted molar refractivity (Wildman–Crippen MR) is 67.0 cm³/mol. The number of rotatable bonds is 1. The summed E-state index contributed by atoms with van der Waals surface area (Å²) in [5.41, 5.74) is 5.86. The first-order chi connectivity index (χ1) is 6.61. The van der Waals surface area contributed by atoms with Crippen molar-refractivity contribution in [2.24, 2.45) is 0 Å². The van der Waals surface area contributed by atoms with Crippen molar-refractivity contribution in [1.29, 1.82) is 0 Å². The van der Waals surface area contributed by atoms with Gasteiger partial charge < -0.3 is 16.4 Å². The Labute approximate surface area is 88.9 Å². The van der Waals surface area contributed by atoms with Crippen molar-refractivity contribution < 1.29 is 0 Å². The third kappa shape index (κ3) is 1.48. The molecule has 0 spiro atoms. The zero-order valence-electron chi connectivity index (χ0n) is 9.05. The zero-order chi connectivity index (χ0) is 10.3. The topological polar surface area (TPSA) is 0 Å². The molecular formula is C12H14P2-2. The smallest absolute Gasteiger partial charge is 0.0417 e. The summed E-state index contributed by atoms with van der Waals surface area (Å²) < 4.78 is 0. The first kappa shape index (κ1) is 10.1. The van der Waals surface area contributed by atoms with Crippen LogP contribution in [0.3, 0.4) is 0 Å². The molecule has 0 nitrogen and oxygen atoms in total. The fourth-order valence-corrected chi connectivity index (χ4v) is 4.26. The molecule has 2 heterocycles. The van der Waals surface area contributed by atoms with Gasteiger partial charge in [-0.1, -0.05) is 22.3 Å². The second-order valence-electron chi connectivity index (χ2n) is 3.83. The Hall–Kier alpha value is -0.440. The van der Waals surface area contributed by atoms with E-state index in [2.05, 4.69) is 39.3 Å². The van der Waals surface area contributed by atoms with E-state index >= 15 is 0 Å². The molecule has 2 aromatic rings. The lowest BCUT2D eigenvalue weighted by molar-refractivity contribution is 1.38. The fraction of sp³-hybridized carbons (Fsp3) is 0.333. The number of aryl methyl sites for hydroxylation is 2. The lowest BCUT2D eigenvalue weighted by Crippen LogP contribution is -1.77. The monoisotopic (exact) mass is 220 g/mol. The highest BCUT2D eigenvalue weighted by Crippen LogP contribution is 2.43. The van der Waals surface area contributed by atoms with E-state index in [-0.39, 0.29) is 0 Å². The highest BCUT2D eigenvalue weighted by Gasteiger charge is 1.96. The summed E-state index contributed by atoms with van der Waals surface area (Å²) in [5.74, 6) is 4.63. The predicted octanol–water partition coefficient (Wildman–Crippen LogP) is 5.19. The molecule has 2 rings (SSSR count). The van der Waals surface area contributed by atoms with Gasteiger partial charge in [0.1, 0.15) is 0 Å². The molecule has 0 amide bonds. The van der Waals surface area contributed by atoms with Gasteiger partial charge in [-0.3, -0.25) is 0 Å². The van der Waals surface area contributed by atoms with Crippen molar-refractivity contribution in [1.82, 2.24) is 0 Å². The van der Waals surface area contributed by atoms with Crippen LogP contribution < -0.4 is 0 Å². The Kier molecular flexibility index (Phi) is 2.60. The average molecular weight is 220 g/mol. The standard InChI is InChI=1S/C12H14P2/c1-7-5-13-11(9(7)3)12-10(4)8(2)6-14-12/h5-6H,1-4H3/q-2. The van der Waals surface area contributed by atoms with Crippen LogP contribution in [0.5, 0.6) is 0 Å². The van der Waals surface area contributed by atoms with Gasteiger partial charge in [0.05, 0.1) is 0 Å². The van der Waals surface area contributed by atoms with Crippen molar-refractivity contribution in [2.45, 2.75) is 27.7 Å². The molecule has 0 aliphatic rings. The van der Waals surface area contributed by atoms with Gasteiger partial charge in [0, 0.05) is 0 Å². The van der Waals surface area contributed by atoms with E-state index in [1.54, 1.807) is 0 Å². The minimum atomic E-state index is 1.39. The molecule has 2 aromatic heterocycles. The Bertz CT molecular complexity index is 416. The van der Waals surface area contributed by atoms with E-state index in [0.29, 0.717) is 0 Å². The maximum absolute atomic E-state index is 2.31.